The van der Waals surface area contributed by atoms with Crippen LogP contribution in [0.5, 0.6) is 5.75 Å². The van der Waals surface area contributed by atoms with Gasteiger partial charge in [-0.25, -0.2) is 4.79 Å². The minimum atomic E-state index is -4.60. The number of benzene rings is 2. The van der Waals surface area contributed by atoms with Gasteiger partial charge < -0.3 is 10.1 Å². The van der Waals surface area contributed by atoms with Crippen molar-refractivity contribution in [1.82, 2.24) is 9.78 Å². The SMILES string of the molecule is Cn1nc(NC(=O)c2ccccc2OC(=O)c2ccccc2)cc1C(F)(F)F. The van der Waals surface area contributed by atoms with Gasteiger partial charge in [0.05, 0.1) is 11.1 Å². The predicted molar refractivity (Wildman–Crippen MR) is 94.0 cm³/mol. The molecule has 0 bridgehead atoms. The molecule has 0 unspecified atom stereocenters. The Labute approximate surface area is 157 Å². The summed E-state index contributed by atoms with van der Waals surface area (Å²) in [5.41, 5.74) is -0.741. The van der Waals surface area contributed by atoms with Crippen molar-refractivity contribution in [1.29, 1.82) is 0 Å². The molecule has 0 spiro atoms. The number of amides is 1. The van der Waals surface area contributed by atoms with E-state index in [9.17, 15) is 22.8 Å². The van der Waals surface area contributed by atoms with Gasteiger partial charge in [0, 0.05) is 13.1 Å². The highest BCUT2D eigenvalue weighted by atomic mass is 19.4. The third-order valence-electron chi connectivity index (χ3n) is 3.76. The highest BCUT2D eigenvalue weighted by Crippen LogP contribution is 2.30. The van der Waals surface area contributed by atoms with E-state index in [0.717, 1.165) is 13.1 Å². The molecule has 0 atom stereocenters. The summed E-state index contributed by atoms with van der Waals surface area (Å²) in [4.78, 5) is 24.7. The molecule has 1 aromatic heterocycles. The molecule has 0 aliphatic heterocycles. The van der Waals surface area contributed by atoms with Crippen molar-refractivity contribution in [2.45, 2.75) is 6.18 Å². The van der Waals surface area contributed by atoms with E-state index in [4.69, 9.17) is 4.74 Å². The van der Waals surface area contributed by atoms with Gasteiger partial charge in [-0.1, -0.05) is 30.3 Å². The fourth-order valence-electron chi connectivity index (χ4n) is 2.45. The average molecular weight is 389 g/mol. The maximum Gasteiger partial charge on any atom is 0.433 e. The minimum absolute atomic E-state index is 0.0222. The summed E-state index contributed by atoms with van der Waals surface area (Å²) in [5, 5.41) is 5.92. The van der Waals surface area contributed by atoms with Crippen molar-refractivity contribution < 1.29 is 27.5 Å². The largest absolute Gasteiger partial charge is 0.433 e. The van der Waals surface area contributed by atoms with Crippen LogP contribution in [0.4, 0.5) is 19.0 Å². The van der Waals surface area contributed by atoms with E-state index < -0.39 is 23.7 Å². The van der Waals surface area contributed by atoms with Crippen LogP contribution in [0.25, 0.3) is 0 Å². The molecular weight excluding hydrogens is 375 g/mol. The van der Waals surface area contributed by atoms with E-state index in [1.54, 1.807) is 36.4 Å². The van der Waals surface area contributed by atoms with Gasteiger partial charge in [-0.15, -0.1) is 0 Å². The first-order chi connectivity index (χ1) is 13.3. The van der Waals surface area contributed by atoms with Gasteiger partial charge in [-0.2, -0.15) is 18.3 Å². The Bertz CT molecular complexity index is 1010. The summed E-state index contributed by atoms with van der Waals surface area (Å²) in [6.07, 6.45) is -4.60. The van der Waals surface area contributed by atoms with Crippen LogP contribution in [-0.4, -0.2) is 21.7 Å². The summed E-state index contributed by atoms with van der Waals surface area (Å²) in [6.45, 7) is 0. The summed E-state index contributed by atoms with van der Waals surface area (Å²) in [6, 6.07) is 14.8. The van der Waals surface area contributed by atoms with Gasteiger partial charge >= 0.3 is 12.1 Å². The summed E-state index contributed by atoms with van der Waals surface area (Å²) < 4.78 is 44.5. The second-order valence-corrected chi connectivity index (χ2v) is 5.74. The Morgan fingerprint density at radius 1 is 1.04 bits per heavy atom. The molecule has 9 heteroatoms. The monoisotopic (exact) mass is 389 g/mol. The number of ether oxygens (including phenoxy) is 1. The number of halogens is 3. The summed E-state index contributed by atoms with van der Waals surface area (Å²) >= 11 is 0. The molecule has 1 amide bonds. The standard InChI is InChI=1S/C19H14F3N3O3/c1-25-15(19(20,21)22)11-16(24-25)23-17(26)13-9-5-6-10-14(13)28-18(27)12-7-3-2-4-8-12/h2-11H,1H3,(H,23,24,26). The molecule has 144 valence electrons. The molecule has 2 aromatic carbocycles. The smallest absolute Gasteiger partial charge is 0.422 e. The first-order valence-corrected chi connectivity index (χ1v) is 8.04. The highest BCUT2D eigenvalue weighted by molar-refractivity contribution is 6.06. The van der Waals surface area contributed by atoms with Gasteiger partial charge in [0.1, 0.15) is 11.4 Å². The molecule has 0 saturated carbocycles. The second-order valence-electron chi connectivity index (χ2n) is 5.74. The lowest BCUT2D eigenvalue weighted by atomic mass is 10.2. The third kappa shape index (κ3) is 4.20. The Morgan fingerprint density at radius 3 is 2.32 bits per heavy atom. The van der Waals surface area contributed by atoms with Crippen LogP contribution >= 0.6 is 0 Å². The molecule has 3 rings (SSSR count). The number of nitrogens with zero attached hydrogens (tertiary/aromatic N) is 2. The number of aryl methyl sites for hydroxylation is 1. The Morgan fingerprint density at radius 2 is 1.68 bits per heavy atom. The zero-order valence-electron chi connectivity index (χ0n) is 14.5. The van der Waals surface area contributed by atoms with Crippen molar-refractivity contribution in [3.63, 3.8) is 0 Å². The number of para-hydroxylation sites is 1. The maximum atomic E-state index is 12.9. The van der Waals surface area contributed by atoms with Crippen LogP contribution in [-0.2, 0) is 13.2 Å². The Kier molecular flexibility index (Phi) is 5.16. The fourth-order valence-corrected chi connectivity index (χ4v) is 2.45. The normalized spacial score (nSPS) is 11.1. The molecule has 0 fully saturated rings. The zero-order chi connectivity index (χ0) is 20.3. The quantitative estimate of drug-likeness (QED) is 0.542. The molecule has 1 heterocycles. The van der Waals surface area contributed by atoms with Crippen LogP contribution in [0.2, 0.25) is 0 Å². The number of carbonyl (C=O) groups is 2. The van der Waals surface area contributed by atoms with Gasteiger partial charge in [-0.3, -0.25) is 9.48 Å². The fraction of sp³-hybridized carbons (Fsp3) is 0.105. The van der Waals surface area contributed by atoms with Crippen molar-refractivity contribution in [2.75, 3.05) is 5.32 Å². The molecular formula is C19H14F3N3O3. The van der Waals surface area contributed by atoms with Crippen LogP contribution in [0, 0.1) is 0 Å². The van der Waals surface area contributed by atoms with E-state index in [2.05, 4.69) is 10.4 Å². The van der Waals surface area contributed by atoms with Crippen LogP contribution in [0.3, 0.4) is 0 Å². The van der Waals surface area contributed by atoms with Gasteiger partial charge in [-0.05, 0) is 24.3 Å². The average Bonchev–Trinajstić information content (AvgIpc) is 3.03. The lowest BCUT2D eigenvalue weighted by molar-refractivity contribution is -0.143. The van der Waals surface area contributed by atoms with Crippen molar-refractivity contribution in [2.24, 2.45) is 7.05 Å². The van der Waals surface area contributed by atoms with Gasteiger partial charge in [0.15, 0.2) is 5.82 Å². The van der Waals surface area contributed by atoms with E-state index >= 15 is 0 Å². The molecule has 0 aliphatic carbocycles. The van der Waals surface area contributed by atoms with E-state index in [1.807, 2.05) is 0 Å². The molecule has 6 nitrogen and oxygen atoms in total. The lowest BCUT2D eigenvalue weighted by Gasteiger charge is -2.09. The molecule has 0 saturated heterocycles. The second kappa shape index (κ2) is 7.55. The van der Waals surface area contributed by atoms with Crippen LogP contribution in [0.1, 0.15) is 26.4 Å². The van der Waals surface area contributed by atoms with Gasteiger partial charge in [0.2, 0.25) is 0 Å². The van der Waals surface area contributed by atoms with E-state index in [-0.39, 0.29) is 22.7 Å². The number of nitrogens with one attached hydrogen (secondary N) is 1. The van der Waals surface area contributed by atoms with Crippen LogP contribution < -0.4 is 10.1 Å². The third-order valence-corrected chi connectivity index (χ3v) is 3.76. The maximum absolute atomic E-state index is 12.9. The Balaban J connectivity index is 1.81. The van der Waals surface area contributed by atoms with E-state index in [0.29, 0.717) is 4.68 Å². The number of esters is 1. The predicted octanol–water partition coefficient (Wildman–Crippen LogP) is 3.91. The zero-order valence-corrected chi connectivity index (χ0v) is 14.5. The van der Waals surface area contributed by atoms with Crippen LogP contribution in [0.15, 0.2) is 60.7 Å². The number of carbonyl (C=O) groups excluding carboxylic acids is 2. The number of anilines is 1. The Hall–Kier alpha value is -3.62. The summed E-state index contributed by atoms with van der Waals surface area (Å²) in [7, 11) is 1.12. The number of alkyl halides is 3. The lowest BCUT2D eigenvalue weighted by Crippen LogP contribution is -2.16. The molecule has 1 N–H and O–H groups in total. The number of hydrogen-bond donors (Lipinski definition) is 1. The highest BCUT2D eigenvalue weighted by Gasteiger charge is 2.35. The number of rotatable bonds is 4. The number of aromatic nitrogens is 2. The van der Waals surface area contributed by atoms with Gasteiger partial charge in [0.25, 0.3) is 5.91 Å². The van der Waals surface area contributed by atoms with Crippen molar-refractivity contribution >= 4 is 17.7 Å². The molecule has 3 aromatic rings. The first kappa shape index (κ1) is 19.2. The summed E-state index contributed by atoms with van der Waals surface area (Å²) in [5.74, 6) is -1.73. The first-order valence-electron chi connectivity index (χ1n) is 8.04. The molecule has 0 radical (unpaired) electrons. The van der Waals surface area contributed by atoms with E-state index in [1.165, 1.54) is 18.2 Å². The van der Waals surface area contributed by atoms with Crippen molar-refractivity contribution in [3.05, 3.63) is 77.5 Å². The van der Waals surface area contributed by atoms with Crippen molar-refractivity contribution in [3.8, 4) is 5.75 Å². The topological polar surface area (TPSA) is 73.2 Å². The minimum Gasteiger partial charge on any atom is -0.422 e. The molecule has 28 heavy (non-hydrogen) atoms. The molecule has 0 aliphatic rings. The number of hydrogen-bond acceptors (Lipinski definition) is 4.